The molecule has 0 aliphatic heterocycles. The third kappa shape index (κ3) is 6.58. The van der Waals surface area contributed by atoms with Crippen molar-refractivity contribution in [3.8, 4) is 11.5 Å². The molecular formula is C25H31NO6S. The molecule has 1 fully saturated rings. The molecule has 1 amide bonds. The predicted octanol–water partition coefficient (Wildman–Crippen LogP) is 4.32. The lowest BCUT2D eigenvalue weighted by molar-refractivity contribution is -0.163. The summed E-state index contributed by atoms with van der Waals surface area (Å²) in [5.41, 5.74) is 3.11. The quantitative estimate of drug-likeness (QED) is 0.239. The van der Waals surface area contributed by atoms with Crippen LogP contribution in [0.1, 0.15) is 36.8 Å². The number of aryl methyl sites for hydroxylation is 1. The summed E-state index contributed by atoms with van der Waals surface area (Å²) in [6, 6.07) is 11.2. The van der Waals surface area contributed by atoms with Crippen LogP contribution in [0.25, 0.3) is 0 Å². The van der Waals surface area contributed by atoms with Crippen LogP contribution in [-0.4, -0.2) is 44.0 Å². The maximum absolute atomic E-state index is 13.0. The second-order valence-corrected chi connectivity index (χ2v) is 10.6. The number of hydroxylamine groups is 2. The summed E-state index contributed by atoms with van der Waals surface area (Å²) in [4.78, 5) is 11.3. The molecule has 1 saturated carbocycles. The first-order valence-corrected chi connectivity index (χ1v) is 12.6. The molecule has 0 bridgehead atoms. The number of hydrogen-bond acceptors (Lipinski definition) is 6. The molecule has 3 rings (SSSR count). The summed E-state index contributed by atoms with van der Waals surface area (Å²) in [6.07, 6.45) is 3.21. The Kier molecular flexibility index (Phi) is 8.15. The molecule has 1 aliphatic rings. The minimum atomic E-state index is -3.73. The van der Waals surface area contributed by atoms with Gasteiger partial charge in [0, 0.05) is 0 Å². The monoisotopic (exact) mass is 473 g/mol. The molecule has 8 heteroatoms. The minimum absolute atomic E-state index is 0.102. The average molecular weight is 474 g/mol. The van der Waals surface area contributed by atoms with Crippen molar-refractivity contribution in [3.63, 3.8) is 0 Å². The highest BCUT2D eigenvalue weighted by Crippen LogP contribution is 2.32. The summed E-state index contributed by atoms with van der Waals surface area (Å²) >= 11 is 0. The van der Waals surface area contributed by atoms with Crippen molar-refractivity contribution >= 4 is 16.2 Å². The Balaban J connectivity index is 1.68. The second-order valence-electron chi connectivity index (χ2n) is 8.54. The van der Waals surface area contributed by atoms with E-state index in [1.54, 1.807) is 19.2 Å². The fraction of sp³-hybridized carbons (Fsp3) is 0.400. The number of carbonyl (C=O) groups excluding carboxylic acids is 1. The van der Waals surface area contributed by atoms with E-state index in [0.29, 0.717) is 30.3 Å². The number of methoxy groups -OCH3 is 1. The molecule has 0 radical (unpaired) electrons. The molecule has 0 saturated heterocycles. The van der Waals surface area contributed by atoms with E-state index in [1.165, 1.54) is 12.1 Å². The lowest BCUT2D eigenvalue weighted by Crippen LogP contribution is -2.43. The van der Waals surface area contributed by atoms with Crippen molar-refractivity contribution in [3.05, 3.63) is 65.7 Å². The van der Waals surface area contributed by atoms with E-state index in [1.807, 2.05) is 25.1 Å². The highest BCUT2D eigenvalue weighted by molar-refractivity contribution is 7.91. The van der Waals surface area contributed by atoms with Gasteiger partial charge in [-0.3, -0.25) is 10.0 Å². The summed E-state index contributed by atoms with van der Waals surface area (Å²) in [5, 5.41) is 10.6. The molecule has 1 atom stereocenters. The number of amides is 1. The number of allylic oxidation sites excluding steroid dienone is 1. The highest BCUT2D eigenvalue weighted by atomic mass is 32.2. The van der Waals surface area contributed by atoms with Gasteiger partial charge >= 0.3 is 0 Å². The summed E-state index contributed by atoms with van der Waals surface area (Å²) in [6.45, 7) is 6.26. The summed E-state index contributed by atoms with van der Waals surface area (Å²) in [5.74, 6) is 0.839. The maximum Gasteiger partial charge on any atom is 0.233 e. The van der Waals surface area contributed by atoms with Crippen molar-refractivity contribution in [1.82, 2.24) is 5.06 Å². The van der Waals surface area contributed by atoms with Gasteiger partial charge in [0.1, 0.15) is 18.1 Å². The van der Waals surface area contributed by atoms with Crippen LogP contribution in [0.15, 0.2) is 59.5 Å². The van der Waals surface area contributed by atoms with Gasteiger partial charge in [0.25, 0.3) is 0 Å². The standard InChI is InChI=1S/C25H31NO6S/c1-18-4-6-21(7-5-18)25(26(28)17-27)16-33(29,30)24-10-8-22(9-11-24)32-15-20-12-19(2)13-23(14-20)31-3/h8-14,17,21,25,28H,1,4-7,15-16H2,2-3H3. The largest absolute Gasteiger partial charge is 0.497 e. The van der Waals surface area contributed by atoms with E-state index >= 15 is 0 Å². The molecule has 0 spiro atoms. The Labute approximate surface area is 195 Å². The van der Waals surface area contributed by atoms with Gasteiger partial charge in [-0.05, 0) is 86.1 Å². The van der Waals surface area contributed by atoms with Crippen LogP contribution in [0.2, 0.25) is 0 Å². The van der Waals surface area contributed by atoms with Crippen LogP contribution in [0, 0.1) is 12.8 Å². The predicted molar refractivity (Wildman–Crippen MR) is 125 cm³/mol. The van der Waals surface area contributed by atoms with Crippen LogP contribution in [0.5, 0.6) is 11.5 Å². The summed E-state index contributed by atoms with van der Waals surface area (Å²) < 4.78 is 37.2. The third-order valence-electron chi connectivity index (χ3n) is 6.05. The Hall–Kier alpha value is -2.84. The summed E-state index contributed by atoms with van der Waals surface area (Å²) in [7, 11) is -2.12. The van der Waals surface area contributed by atoms with E-state index in [-0.39, 0.29) is 23.0 Å². The van der Waals surface area contributed by atoms with Crippen molar-refractivity contribution in [1.29, 1.82) is 0 Å². The molecule has 33 heavy (non-hydrogen) atoms. The van der Waals surface area contributed by atoms with Crippen LogP contribution < -0.4 is 9.47 Å². The van der Waals surface area contributed by atoms with Gasteiger partial charge in [0.05, 0.1) is 23.8 Å². The van der Waals surface area contributed by atoms with E-state index < -0.39 is 15.9 Å². The molecule has 1 unspecified atom stereocenters. The topological polar surface area (TPSA) is 93.1 Å². The number of rotatable bonds is 10. The fourth-order valence-electron chi connectivity index (χ4n) is 4.20. The zero-order valence-corrected chi connectivity index (χ0v) is 19.9. The number of sulfone groups is 1. The SMILES string of the molecule is C=C1CCC(C(CS(=O)(=O)c2ccc(OCc3cc(C)cc(OC)c3)cc2)N(O)C=O)CC1. The zero-order valence-electron chi connectivity index (χ0n) is 19.1. The third-order valence-corrected chi connectivity index (χ3v) is 7.82. The number of carbonyl (C=O) groups is 1. The van der Waals surface area contributed by atoms with E-state index in [9.17, 15) is 18.4 Å². The number of hydrogen-bond donors (Lipinski definition) is 1. The molecule has 0 heterocycles. The van der Waals surface area contributed by atoms with Crippen molar-refractivity contribution in [2.45, 2.75) is 50.2 Å². The lowest BCUT2D eigenvalue weighted by atomic mass is 9.82. The van der Waals surface area contributed by atoms with Crippen molar-refractivity contribution in [2.24, 2.45) is 5.92 Å². The molecule has 1 aliphatic carbocycles. The van der Waals surface area contributed by atoms with Gasteiger partial charge in [0.2, 0.25) is 6.41 Å². The Bertz CT molecular complexity index is 1070. The van der Waals surface area contributed by atoms with Crippen LogP contribution >= 0.6 is 0 Å². The molecular weight excluding hydrogens is 442 g/mol. The first-order valence-electron chi connectivity index (χ1n) is 10.9. The lowest BCUT2D eigenvalue weighted by Gasteiger charge is -2.33. The minimum Gasteiger partial charge on any atom is -0.497 e. The normalized spacial score (nSPS) is 15.7. The van der Waals surface area contributed by atoms with Gasteiger partial charge < -0.3 is 9.47 Å². The van der Waals surface area contributed by atoms with E-state index in [4.69, 9.17) is 9.47 Å². The van der Waals surface area contributed by atoms with Gasteiger partial charge in [-0.25, -0.2) is 13.5 Å². The molecule has 1 N–H and O–H groups in total. The zero-order chi connectivity index (χ0) is 24.0. The maximum atomic E-state index is 13.0. The highest BCUT2D eigenvalue weighted by Gasteiger charge is 2.33. The van der Waals surface area contributed by atoms with Gasteiger partial charge in [0.15, 0.2) is 9.84 Å². The number of benzene rings is 2. The van der Waals surface area contributed by atoms with Crippen LogP contribution in [-0.2, 0) is 21.2 Å². The van der Waals surface area contributed by atoms with E-state index in [2.05, 4.69) is 6.58 Å². The van der Waals surface area contributed by atoms with E-state index in [0.717, 1.165) is 35.3 Å². The van der Waals surface area contributed by atoms with Crippen molar-refractivity contribution < 1.29 is 27.9 Å². The van der Waals surface area contributed by atoms with Crippen LogP contribution in [0.4, 0.5) is 0 Å². The Morgan fingerprint density at radius 3 is 2.42 bits per heavy atom. The molecule has 178 valence electrons. The van der Waals surface area contributed by atoms with Crippen molar-refractivity contribution in [2.75, 3.05) is 12.9 Å². The smallest absolute Gasteiger partial charge is 0.233 e. The van der Waals surface area contributed by atoms with Gasteiger partial charge in [-0.15, -0.1) is 0 Å². The Morgan fingerprint density at radius 1 is 1.15 bits per heavy atom. The molecule has 7 nitrogen and oxygen atoms in total. The molecule has 2 aromatic carbocycles. The number of nitrogens with zero attached hydrogens (tertiary/aromatic N) is 1. The second kappa shape index (κ2) is 10.9. The molecule has 2 aromatic rings. The van der Waals surface area contributed by atoms with Gasteiger partial charge in [-0.1, -0.05) is 18.2 Å². The van der Waals surface area contributed by atoms with Gasteiger partial charge in [-0.2, -0.15) is 0 Å². The molecule has 0 aromatic heterocycles. The Morgan fingerprint density at radius 2 is 1.82 bits per heavy atom. The van der Waals surface area contributed by atoms with Crippen LogP contribution in [0.3, 0.4) is 0 Å². The fourth-order valence-corrected chi connectivity index (χ4v) is 5.81. The first-order chi connectivity index (χ1) is 15.7. The number of ether oxygens (including phenoxy) is 2. The average Bonchev–Trinajstić information content (AvgIpc) is 2.81. The first kappa shape index (κ1) is 24.8.